The zero-order valence-electron chi connectivity index (χ0n) is 14.5. The average Bonchev–Trinajstić information content (AvgIpc) is 3.49. The molecular formula is C20H21NO4S. The highest BCUT2D eigenvalue weighted by Crippen LogP contribution is 2.25. The Morgan fingerprint density at radius 3 is 2.42 bits per heavy atom. The van der Waals surface area contributed by atoms with Gasteiger partial charge in [-0.3, -0.25) is 9.59 Å². The van der Waals surface area contributed by atoms with Crippen LogP contribution in [0.2, 0.25) is 0 Å². The first kappa shape index (κ1) is 18.3. The van der Waals surface area contributed by atoms with Crippen LogP contribution in [0.15, 0.2) is 59.5 Å². The number of hydrogen-bond acceptors (Lipinski definition) is 5. The molecule has 1 aliphatic carbocycles. The number of nitrogens with one attached hydrogen (secondary N) is 1. The molecule has 0 spiro atoms. The van der Waals surface area contributed by atoms with Crippen LogP contribution in [0.5, 0.6) is 5.75 Å². The van der Waals surface area contributed by atoms with E-state index in [4.69, 9.17) is 9.47 Å². The van der Waals surface area contributed by atoms with Crippen LogP contribution in [0, 0.1) is 0 Å². The van der Waals surface area contributed by atoms with E-state index >= 15 is 0 Å². The summed E-state index contributed by atoms with van der Waals surface area (Å²) in [7, 11) is 1.61. The van der Waals surface area contributed by atoms with Crippen molar-refractivity contribution >= 4 is 23.6 Å². The van der Waals surface area contributed by atoms with Crippen molar-refractivity contribution in [2.75, 3.05) is 12.9 Å². The highest BCUT2D eigenvalue weighted by molar-refractivity contribution is 8.00. The van der Waals surface area contributed by atoms with Crippen LogP contribution in [0.4, 0.5) is 0 Å². The number of amides is 1. The van der Waals surface area contributed by atoms with Gasteiger partial charge in [0.05, 0.1) is 12.9 Å². The fraction of sp³-hybridized carbons (Fsp3) is 0.300. The Balaban J connectivity index is 1.59. The van der Waals surface area contributed by atoms with Crippen molar-refractivity contribution in [1.82, 2.24) is 5.32 Å². The maximum atomic E-state index is 12.5. The largest absolute Gasteiger partial charge is 0.497 e. The number of methoxy groups -OCH3 is 1. The van der Waals surface area contributed by atoms with E-state index in [1.54, 1.807) is 19.2 Å². The summed E-state index contributed by atoms with van der Waals surface area (Å²) in [6, 6.07) is 16.7. The van der Waals surface area contributed by atoms with E-state index in [2.05, 4.69) is 5.32 Å². The Morgan fingerprint density at radius 1 is 1.12 bits per heavy atom. The van der Waals surface area contributed by atoms with Gasteiger partial charge in [-0.2, -0.15) is 0 Å². The minimum absolute atomic E-state index is 0.131. The predicted octanol–water partition coefficient (Wildman–Crippen LogP) is 3.35. The summed E-state index contributed by atoms with van der Waals surface area (Å²) in [5, 5.41) is 2.91. The molecule has 136 valence electrons. The molecule has 0 bridgehead atoms. The molecule has 1 N–H and O–H groups in total. The molecule has 1 aliphatic rings. The van der Waals surface area contributed by atoms with E-state index in [9.17, 15) is 9.59 Å². The van der Waals surface area contributed by atoms with E-state index in [-0.39, 0.29) is 17.7 Å². The number of rotatable bonds is 8. The Labute approximate surface area is 157 Å². The Bertz CT molecular complexity index is 744. The van der Waals surface area contributed by atoms with Crippen LogP contribution in [-0.4, -0.2) is 30.8 Å². The van der Waals surface area contributed by atoms with E-state index in [1.165, 1.54) is 11.8 Å². The van der Waals surface area contributed by atoms with Crippen LogP contribution in [-0.2, 0) is 14.3 Å². The third-order valence-electron chi connectivity index (χ3n) is 3.93. The number of carbonyl (C=O) groups excluding carboxylic acids is 2. The Kier molecular flexibility index (Phi) is 6.17. The molecule has 5 nitrogen and oxygen atoms in total. The zero-order chi connectivity index (χ0) is 18.4. The van der Waals surface area contributed by atoms with Crippen LogP contribution in [0.1, 0.15) is 24.5 Å². The first-order valence-electron chi connectivity index (χ1n) is 8.47. The van der Waals surface area contributed by atoms with Gasteiger partial charge >= 0.3 is 5.97 Å². The quantitative estimate of drug-likeness (QED) is 0.569. The highest BCUT2D eigenvalue weighted by atomic mass is 32.2. The average molecular weight is 371 g/mol. The lowest BCUT2D eigenvalue weighted by Gasteiger charge is -2.18. The number of thioether (sulfide) groups is 1. The third-order valence-corrected chi connectivity index (χ3v) is 4.92. The van der Waals surface area contributed by atoms with Gasteiger partial charge in [0, 0.05) is 16.5 Å². The molecule has 0 saturated heterocycles. The lowest BCUT2D eigenvalue weighted by molar-refractivity contribution is -0.154. The summed E-state index contributed by atoms with van der Waals surface area (Å²) >= 11 is 1.36. The standard InChI is InChI=1S/C20H21NO4S/c1-24-16-9-11-17(12-10-16)26-13-18(22)25-19(14-5-3-2-4-6-14)20(23)21-15-7-8-15/h2-6,9-12,15,19H,7-8,13H2,1H3,(H,21,23)/t19-/m1/s1. The Morgan fingerprint density at radius 2 is 1.81 bits per heavy atom. The molecule has 26 heavy (non-hydrogen) atoms. The van der Waals surface area contributed by atoms with Gasteiger partial charge in [0.25, 0.3) is 5.91 Å². The van der Waals surface area contributed by atoms with Crippen molar-refractivity contribution < 1.29 is 19.1 Å². The van der Waals surface area contributed by atoms with Gasteiger partial charge in [0.15, 0.2) is 0 Å². The van der Waals surface area contributed by atoms with Crippen LogP contribution in [0.3, 0.4) is 0 Å². The van der Waals surface area contributed by atoms with Crippen molar-refractivity contribution in [3.8, 4) is 5.75 Å². The Hall–Kier alpha value is -2.47. The van der Waals surface area contributed by atoms with Crippen molar-refractivity contribution in [2.24, 2.45) is 0 Å². The number of ether oxygens (including phenoxy) is 2. The zero-order valence-corrected chi connectivity index (χ0v) is 15.3. The predicted molar refractivity (Wildman–Crippen MR) is 100 cm³/mol. The minimum Gasteiger partial charge on any atom is -0.497 e. The lowest BCUT2D eigenvalue weighted by Crippen LogP contribution is -2.33. The fourth-order valence-corrected chi connectivity index (χ4v) is 3.07. The second-order valence-corrected chi connectivity index (χ2v) is 7.08. The van der Waals surface area contributed by atoms with Crippen LogP contribution < -0.4 is 10.1 Å². The van der Waals surface area contributed by atoms with Crippen molar-refractivity contribution in [3.63, 3.8) is 0 Å². The van der Waals surface area contributed by atoms with E-state index in [1.807, 2.05) is 42.5 Å². The van der Waals surface area contributed by atoms with Crippen molar-refractivity contribution in [3.05, 3.63) is 60.2 Å². The topological polar surface area (TPSA) is 64.6 Å². The van der Waals surface area contributed by atoms with Gasteiger partial charge in [-0.25, -0.2) is 0 Å². The highest BCUT2D eigenvalue weighted by Gasteiger charge is 2.30. The number of esters is 1. The molecular weight excluding hydrogens is 350 g/mol. The molecule has 3 rings (SSSR count). The summed E-state index contributed by atoms with van der Waals surface area (Å²) < 4.78 is 10.6. The molecule has 1 amide bonds. The van der Waals surface area contributed by atoms with E-state index in [0.29, 0.717) is 5.56 Å². The number of benzene rings is 2. The second-order valence-electron chi connectivity index (χ2n) is 6.03. The maximum Gasteiger partial charge on any atom is 0.317 e. The molecule has 0 aromatic heterocycles. The summed E-state index contributed by atoms with van der Waals surface area (Å²) in [5.74, 6) is 0.205. The van der Waals surface area contributed by atoms with Crippen molar-refractivity contribution in [1.29, 1.82) is 0 Å². The van der Waals surface area contributed by atoms with Gasteiger partial charge in [-0.15, -0.1) is 11.8 Å². The number of hydrogen-bond donors (Lipinski definition) is 1. The van der Waals surface area contributed by atoms with Gasteiger partial charge in [-0.1, -0.05) is 30.3 Å². The molecule has 2 aromatic carbocycles. The van der Waals surface area contributed by atoms with Crippen molar-refractivity contribution in [2.45, 2.75) is 29.9 Å². The maximum absolute atomic E-state index is 12.5. The smallest absolute Gasteiger partial charge is 0.317 e. The van der Waals surface area contributed by atoms with Crippen LogP contribution in [0.25, 0.3) is 0 Å². The van der Waals surface area contributed by atoms with E-state index in [0.717, 1.165) is 23.5 Å². The molecule has 0 heterocycles. The molecule has 6 heteroatoms. The molecule has 1 saturated carbocycles. The second kappa shape index (κ2) is 8.76. The first-order valence-corrected chi connectivity index (χ1v) is 9.46. The third kappa shape index (κ3) is 5.26. The molecule has 1 fully saturated rings. The molecule has 1 atom stereocenters. The molecule has 2 aromatic rings. The minimum atomic E-state index is -0.916. The first-order chi connectivity index (χ1) is 12.7. The number of carbonyl (C=O) groups is 2. The summed E-state index contributed by atoms with van der Waals surface area (Å²) in [6.45, 7) is 0. The molecule has 0 radical (unpaired) electrons. The SMILES string of the molecule is COc1ccc(SCC(=O)O[C@@H](C(=O)NC2CC2)c2ccccc2)cc1. The monoisotopic (exact) mass is 371 g/mol. The van der Waals surface area contributed by atoms with Gasteiger partial charge < -0.3 is 14.8 Å². The van der Waals surface area contributed by atoms with Gasteiger partial charge in [0.1, 0.15) is 5.75 Å². The lowest BCUT2D eigenvalue weighted by atomic mass is 10.1. The normalized spacial score (nSPS) is 14.3. The molecule has 0 unspecified atom stereocenters. The van der Waals surface area contributed by atoms with E-state index < -0.39 is 12.1 Å². The van der Waals surface area contributed by atoms with Gasteiger partial charge in [0.2, 0.25) is 6.10 Å². The fourth-order valence-electron chi connectivity index (χ4n) is 2.38. The molecule has 0 aliphatic heterocycles. The summed E-state index contributed by atoms with van der Waals surface area (Å²) in [4.78, 5) is 25.7. The van der Waals surface area contributed by atoms with Crippen LogP contribution >= 0.6 is 11.8 Å². The summed E-state index contributed by atoms with van der Waals surface area (Å²) in [5.41, 5.74) is 0.674. The summed E-state index contributed by atoms with van der Waals surface area (Å²) in [6.07, 6.45) is 1.05. The van der Waals surface area contributed by atoms with Gasteiger partial charge in [-0.05, 0) is 37.1 Å².